The van der Waals surface area contributed by atoms with Crippen LogP contribution in [0.1, 0.15) is 38.1 Å². The maximum atomic E-state index is 12.4. The number of hydrogen-bond acceptors (Lipinski definition) is 2. The van der Waals surface area contributed by atoms with E-state index in [9.17, 15) is 4.79 Å². The predicted molar refractivity (Wildman–Crippen MR) is 82.2 cm³/mol. The Hall–Kier alpha value is -1.03. The number of hydrogen-bond donors (Lipinski definition) is 0. The Bertz CT molecular complexity index is 401. The zero-order valence-electron chi connectivity index (χ0n) is 12.0. The summed E-state index contributed by atoms with van der Waals surface area (Å²) in [4.78, 5) is 14.2. The molecule has 0 saturated heterocycles. The van der Waals surface area contributed by atoms with E-state index in [0.29, 0.717) is 12.1 Å². The molecule has 0 bridgehead atoms. The Labute approximate surface area is 124 Å². The summed E-state index contributed by atoms with van der Waals surface area (Å²) in [5, 5.41) is 0.783. The largest absolute Gasteiger partial charge is 0.491 e. The monoisotopic (exact) mass is 327 g/mol. The van der Waals surface area contributed by atoms with Gasteiger partial charge in [0.15, 0.2) is 0 Å². The molecule has 19 heavy (non-hydrogen) atoms. The molecule has 0 aliphatic rings. The van der Waals surface area contributed by atoms with Gasteiger partial charge >= 0.3 is 0 Å². The third-order valence-electron chi connectivity index (χ3n) is 2.68. The number of amides is 1. The first-order chi connectivity index (χ1) is 8.95. The van der Waals surface area contributed by atoms with Gasteiger partial charge in [0.05, 0.1) is 6.10 Å². The Kier molecular flexibility index (Phi) is 6.35. The van der Waals surface area contributed by atoms with Gasteiger partial charge < -0.3 is 9.64 Å². The number of ether oxygens (including phenoxy) is 1. The van der Waals surface area contributed by atoms with Crippen molar-refractivity contribution in [3.05, 3.63) is 29.8 Å². The number of halogens is 1. The smallest absolute Gasteiger partial charge is 0.254 e. The molecule has 0 heterocycles. The van der Waals surface area contributed by atoms with Gasteiger partial charge in [-0.15, -0.1) is 0 Å². The molecule has 0 aliphatic heterocycles. The SMILES string of the molecule is CC(C)Oc1ccc(C(=O)N(CCBr)C(C)C)cc1. The van der Waals surface area contributed by atoms with Crippen molar-refractivity contribution in [2.75, 3.05) is 11.9 Å². The number of alkyl halides is 1. The van der Waals surface area contributed by atoms with Gasteiger partial charge in [-0.3, -0.25) is 4.79 Å². The van der Waals surface area contributed by atoms with Crippen molar-refractivity contribution in [1.82, 2.24) is 4.90 Å². The fourth-order valence-electron chi connectivity index (χ4n) is 1.80. The van der Waals surface area contributed by atoms with E-state index in [1.165, 1.54) is 0 Å². The first-order valence-electron chi connectivity index (χ1n) is 6.59. The van der Waals surface area contributed by atoms with Gasteiger partial charge in [0.1, 0.15) is 5.75 Å². The lowest BCUT2D eigenvalue weighted by Crippen LogP contribution is -2.38. The summed E-state index contributed by atoms with van der Waals surface area (Å²) in [5.41, 5.74) is 0.700. The number of carbonyl (C=O) groups excluding carboxylic acids is 1. The Morgan fingerprint density at radius 1 is 1.21 bits per heavy atom. The van der Waals surface area contributed by atoms with Crippen molar-refractivity contribution in [2.45, 2.75) is 39.8 Å². The molecule has 1 aromatic rings. The molecule has 106 valence electrons. The van der Waals surface area contributed by atoms with Gasteiger partial charge in [0.25, 0.3) is 5.91 Å². The molecule has 0 N–H and O–H groups in total. The van der Waals surface area contributed by atoms with Crippen LogP contribution in [0.4, 0.5) is 0 Å². The molecule has 1 rings (SSSR count). The topological polar surface area (TPSA) is 29.5 Å². The third-order valence-corrected chi connectivity index (χ3v) is 3.04. The van der Waals surface area contributed by atoms with Crippen LogP contribution in [0.5, 0.6) is 5.75 Å². The number of nitrogens with zero attached hydrogens (tertiary/aromatic N) is 1. The van der Waals surface area contributed by atoms with Crippen LogP contribution in [-0.2, 0) is 0 Å². The summed E-state index contributed by atoms with van der Waals surface area (Å²) in [6, 6.07) is 7.53. The van der Waals surface area contributed by atoms with E-state index in [0.717, 1.165) is 11.1 Å². The lowest BCUT2D eigenvalue weighted by Gasteiger charge is -2.26. The molecule has 0 fully saturated rings. The fourth-order valence-corrected chi connectivity index (χ4v) is 2.18. The Morgan fingerprint density at radius 2 is 1.79 bits per heavy atom. The molecule has 0 unspecified atom stereocenters. The lowest BCUT2D eigenvalue weighted by atomic mass is 10.1. The zero-order valence-corrected chi connectivity index (χ0v) is 13.6. The van der Waals surface area contributed by atoms with Crippen LogP contribution in [0.3, 0.4) is 0 Å². The number of rotatable bonds is 6. The van der Waals surface area contributed by atoms with Crippen molar-refractivity contribution >= 4 is 21.8 Å². The first-order valence-corrected chi connectivity index (χ1v) is 7.71. The van der Waals surface area contributed by atoms with E-state index in [1.807, 2.05) is 56.9 Å². The van der Waals surface area contributed by atoms with Crippen molar-refractivity contribution in [3.63, 3.8) is 0 Å². The highest BCUT2D eigenvalue weighted by molar-refractivity contribution is 9.09. The molecule has 3 nitrogen and oxygen atoms in total. The van der Waals surface area contributed by atoms with Gasteiger partial charge in [-0.2, -0.15) is 0 Å². The average molecular weight is 328 g/mol. The van der Waals surface area contributed by atoms with Crippen LogP contribution in [0, 0.1) is 0 Å². The number of benzene rings is 1. The quantitative estimate of drug-likeness (QED) is 0.745. The van der Waals surface area contributed by atoms with E-state index in [2.05, 4.69) is 15.9 Å². The molecular formula is C15H22BrNO2. The van der Waals surface area contributed by atoms with Crippen LogP contribution < -0.4 is 4.74 Å². The van der Waals surface area contributed by atoms with Crippen LogP contribution in [-0.4, -0.2) is 34.8 Å². The highest BCUT2D eigenvalue weighted by Crippen LogP contribution is 2.16. The summed E-state index contributed by atoms with van der Waals surface area (Å²) in [6.07, 6.45) is 0.141. The molecule has 1 amide bonds. The molecular weight excluding hydrogens is 306 g/mol. The van der Waals surface area contributed by atoms with Crippen molar-refractivity contribution < 1.29 is 9.53 Å². The second-order valence-corrected chi connectivity index (χ2v) is 5.77. The van der Waals surface area contributed by atoms with E-state index < -0.39 is 0 Å². The zero-order chi connectivity index (χ0) is 14.4. The second kappa shape index (κ2) is 7.53. The summed E-state index contributed by atoms with van der Waals surface area (Å²) < 4.78 is 5.57. The van der Waals surface area contributed by atoms with Crippen molar-refractivity contribution in [2.24, 2.45) is 0 Å². The van der Waals surface area contributed by atoms with E-state index in [1.54, 1.807) is 0 Å². The van der Waals surface area contributed by atoms with Gasteiger partial charge in [-0.05, 0) is 52.0 Å². The van der Waals surface area contributed by atoms with Gasteiger partial charge in [0.2, 0.25) is 0 Å². The van der Waals surface area contributed by atoms with Crippen molar-refractivity contribution in [3.8, 4) is 5.75 Å². The highest BCUT2D eigenvalue weighted by atomic mass is 79.9. The standard InChI is InChI=1S/C15H22BrNO2/c1-11(2)17(10-9-16)15(18)13-5-7-14(8-6-13)19-12(3)4/h5-8,11-12H,9-10H2,1-4H3. The molecule has 0 atom stereocenters. The van der Waals surface area contributed by atoms with Gasteiger partial charge in [0, 0.05) is 23.5 Å². The van der Waals surface area contributed by atoms with Crippen LogP contribution >= 0.6 is 15.9 Å². The molecule has 0 spiro atoms. The van der Waals surface area contributed by atoms with Gasteiger partial charge in [-0.1, -0.05) is 15.9 Å². The summed E-state index contributed by atoms with van der Waals surface area (Å²) in [7, 11) is 0. The Morgan fingerprint density at radius 3 is 2.21 bits per heavy atom. The number of carbonyl (C=O) groups is 1. The average Bonchev–Trinajstić information content (AvgIpc) is 2.35. The molecule has 4 heteroatoms. The van der Waals surface area contributed by atoms with Gasteiger partial charge in [-0.25, -0.2) is 0 Å². The minimum Gasteiger partial charge on any atom is -0.491 e. The summed E-state index contributed by atoms with van der Waals surface area (Å²) >= 11 is 3.38. The molecule has 0 radical (unpaired) electrons. The summed E-state index contributed by atoms with van der Waals surface area (Å²) in [6.45, 7) is 8.72. The minimum atomic E-state index is 0.0607. The second-order valence-electron chi connectivity index (χ2n) is 4.97. The normalized spacial score (nSPS) is 10.9. The maximum Gasteiger partial charge on any atom is 0.254 e. The van der Waals surface area contributed by atoms with Crippen LogP contribution in [0.15, 0.2) is 24.3 Å². The molecule has 1 aromatic carbocycles. The van der Waals surface area contributed by atoms with Crippen molar-refractivity contribution in [1.29, 1.82) is 0 Å². The first kappa shape index (κ1) is 16.0. The highest BCUT2D eigenvalue weighted by Gasteiger charge is 2.17. The minimum absolute atomic E-state index is 0.0607. The fraction of sp³-hybridized carbons (Fsp3) is 0.533. The predicted octanol–water partition coefficient (Wildman–Crippen LogP) is 3.72. The third kappa shape index (κ3) is 4.86. The molecule has 0 saturated carbocycles. The Balaban J connectivity index is 2.81. The van der Waals surface area contributed by atoms with Crippen LogP contribution in [0.2, 0.25) is 0 Å². The van der Waals surface area contributed by atoms with E-state index in [-0.39, 0.29) is 18.1 Å². The maximum absolute atomic E-state index is 12.4. The van der Waals surface area contributed by atoms with Crippen LogP contribution in [0.25, 0.3) is 0 Å². The lowest BCUT2D eigenvalue weighted by molar-refractivity contribution is 0.0719. The van der Waals surface area contributed by atoms with E-state index >= 15 is 0 Å². The molecule has 0 aliphatic carbocycles. The molecule has 0 aromatic heterocycles. The van der Waals surface area contributed by atoms with E-state index in [4.69, 9.17) is 4.74 Å². The summed E-state index contributed by atoms with van der Waals surface area (Å²) in [5.74, 6) is 0.855.